The SMILES string of the molecule is CCNC(c1cccc(C)c1)C1Cc2ccccc2O1. The Labute approximate surface area is 120 Å². The molecule has 1 N–H and O–H groups in total. The van der Waals surface area contributed by atoms with Gasteiger partial charge in [-0.1, -0.05) is 55.0 Å². The van der Waals surface area contributed by atoms with Gasteiger partial charge in [-0.2, -0.15) is 0 Å². The summed E-state index contributed by atoms with van der Waals surface area (Å²) < 4.78 is 6.15. The van der Waals surface area contributed by atoms with Gasteiger partial charge >= 0.3 is 0 Å². The van der Waals surface area contributed by atoms with E-state index in [2.05, 4.69) is 61.6 Å². The molecule has 104 valence electrons. The van der Waals surface area contributed by atoms with Crippen molar-refractivity contribution in [3.8, 4) is 5.75 Å². The molecule has 2 heteroatoms. The standard InChI is InChI=1S/C18H21NO/c1-3-19-18(15-9-6-7-13(2)11-15)17-12-14-8-4-5-10-16(14)20-17/h4-11,17-19H,3,12H2,1-2H3. The zero-order valence-electron chi connectivity index (χ0n) is 12.1. The van der Waals surface area contributed by atoms with E-state index >= 15 is 0 Å². The van der Waals surface area contributed by atoms with Crippen molar-refractivity contribution in [1.82, 2.24) is 5.32 Å². The van der Waals surface area contributed by atoms with E-state index in [0.717, 1.165) is 18.7 Å². The predicted molar refractivity (Wildman–Crippen MR) is 82.2 cm³/mol. The number of para-hydroxylation sites is 1. The number of hydrogen-bond donors (Lipinski definition) is 1. The summed E-state index contributed by atoms with van der Waals surface area (Å²) in [7, 11) is 0. The summed E-state index contributed by atoms with van der Waals surface area (Å²) in [4.78, 5) is 0. The van der Waals surface area contributed by atoms with Crippen LogP contribution in [0.4, 0.5) is 0 Å². The monoisotopic (exact) mass is 267 g/mol. The molecule has 20 heavy (non-hydrogen) atoms. The highest BCUT2D eigenvalue weighted by molar-refractivity contribution is 5.39. The molecule has 1 aliphatic heterocycles. The van der Waals surface area contributed by atoms with Crippen molar-refractivity contribution in [2.24, 2.45) is 0 Å². The largest absolute Gasteiger partial charge is 0.488 e. The molecule has 3 rings (SSSR count). The minimum Gasteiger partial charge on any atom is -0.488 e. The maximum atomic E-state index is 6.15. The molecule has 1 heterocycles. The highest BCUT2D eigenvalue weighted by atomic mass is 16.5. The molecular weight excluding hydrogens is 246 g/mol. The van der Waals surface area contributed by atoms with Gasteiger partial charge in [0.05, 0.1) is 6.04 Å². The molecule has 2 unspecified atom stereocenters. The maximum Gasteiger partial charge on any atom is 0.123 e. The summed E-state index contributed by atoms with van der Waals surface area (Å²) in [6.45, 7) is 5.22. The number of rotatable bonds is 4. The summed E-state index contributed by atoms with van der Waals surface area (Å²) in [5, 5.41) is 3.58. The fourth-order valence-corrected chi connectivity index (χ4v) is 2.94. The predicted octanol–water partition coefficient (Wildman–Crippen LogP) is 3.65. The summed E-state index contributed by atoms with van der Waals surface area (Å²) in [5.74, 6) is 1.04. The molecule has 2 aromatic rings. The van der Waals surface area contributed by atoms with Crippen LogP contribution >= 0.6 is 0 Å². The van der Waals surface area contributed by atoms with Crippen LogP contribution in [-0.2, 0) is 6.42 Å². The second kappa shape index (κ2) is 5.68. The second-order valence-corrected chi connectivity index (χ2v) is 5.42. The van der Waals surface area contributed by atoms with E-state index in [0.29, 0.717) is 0 Å². The first-order chi connectivity index (χ1) is 9.78. The summed E-state index contributed by atoms with van der Waals surface area (Å²) in [6, 6.07) is 17.3. The van der Waals surface area contributed by atoms with Gasteiger partial charge in [0.1, 0.15) is 11.9 Å². The topological polar surface area (TPSA) is 21.3 Å². The summed E-state index contributed by atoms with van der Waals surface area (Å²) in [6.07, 6.45) is 1.15. The Kier molecular flexibility index (Phi) is 3.75. The first kappa shape index (κ1) is 13.2. The first-order valence-corrected chi connectivity index (χ1v) is 7.32. The van der Waals surface area contributed by atoms with Gasteiger partial charge in [0.25, 0.3) is 0 Å². The number of aryl methyl sites for hydroxylation is 1. The van der Waals surface area contributed by atoms with E-state index < -0.39 is 0 Å². The third-order valence-electron chi connectivity index (χ3n) is 3.87. The summed E-state index contributed by atoms with van der Waals surface area (Å²) in [5.41, 5.74) is 3.92. The number of fused-ring (bicyclic) bond motifs is 1. The quantitative estimate of drug-likeness (QED) is 0.913. The van der Waals surface area contributed by atoms with Crippen molar-refractivity contribution >= 4 is 0 Å². The van der Waals surface area contributed by atoms with Crippen molar-refractivity contribution in [3.63, 3.8) is 0 Å². The Morgan fingerprint density at radius 3 is 2.80 bits per heavy atom. The van der Waals surface area contributed by atoms with Crippen LogP contribution in [0.1, 0.15) is 29.7 Å². The normalized spacial score (nSPS) is 18.4. The van der Waals surface area contributed by atoms with Crippen molar-refractivity contribution in [2.45, 2.75) is 32.4 Å². The highest BCUT2D eigenvalue weighted by Gasteiger charge is 2.30. The average molecular weight is 267 g/mol. The molecule has 0 bridgehead atoms. The lowest BCUT2D eigenvalue weighted by Crippen LogP contribution is -2.34. The van der Waals surface area contributed by atoms with Crippen molar-refractivity contribution in [3.05, 3.63) is 65.2 Å². The van der Waals surface area contributed by atoms with Gasteiger partial charge in [-0.05, 0) is 30.7 Å². The number of likely N-dealkylation sites (N-methyl/N-ethyl adjacent to an activating group) is 1. The molecule has 0 saturated carbocycles. The molecule has 0 aliphatic carbocycles. The molecule has 0 radical (unpaired) electrons. The van der Waals surface area contributed by atoms with Gasteiger partial charge in [0.15, 0.2) is 0 Å². The Balaban J connectivity index is 1.86. The molecule has 2 nitrogen and oxygen atoms in total. The third-order valence-corrected chi connectivity index (χ3v) is 3.87. The van der Waals surface area contributed by atoms with Gasteiger partial charge in [-0.15, -0.1) is 0 Å². The Hall–Kier alpha value is -1.80. The Morgan fingerprint density at radius 1 is 1.20 bits per heavy atom. The smallest absolute Gasteiger partial charge is 0.123 e. The molecule has 0 fully saturated rings. The van der Waals surface area contributed by atoms with Gasteiger partial charge < -0.3 is 10.1 Å². The van der Waals surface area contributed by atoms with E-state index in [1.807, 2.05) is 6.07 Å². The lowest BCUT2D eigenvalue weighted by atomic mass is 9.96. The van der Waals surface area contributed by atoms with Gasteiger partial charge in [0.2, 0.25) is 0 Å². The molecule has 0 amide bonds. The number of hydrogen-bond acceptors (Lipinski definition) is 2. The fourth-order valence-electron chi connectivity index (χ4n) is 2.94. The van der Waals surface area contributed by atoms with Crippen LogP contribution in [0.3, 0.4) is 0 Å². The van der Waals surface area contributed by atoms with E-state index in [9.17, 15) is 0 Å². The lowest BCUT2D eigenvalue weighted by Gasteiger charge is -2.25. The van der Waals surface area contributed by atoms with Crippen LogP contribution in [-0.4, -0.2) is 12.6 Å². The molecule has 0 spiro atoms. The number of benzene rings is 2. The van der Waals surface area contributed by atoms with E-state index in [1.54, 1.807) is 0 Å². The Bertz CT molecular complexity index is 568. The Morgan fingerprint density at radius 2 is 2.05 bits per heavy atom. The molecule has 0 aromatic heterocycles. The van der Waals surface area contributed by atoms with Gasteiger partial charge in [-0.25, -0.2) is 0 Å². The molecule has 0 saturated heterocycles. The maximum absolute atomic E-state index is 6.15. The van der Waals surface area contributed by atoms with Crippen LogP contribution in [0.15, 0.2) is 48.5 Å². The summed E-state index contributed by atoms with van der Waals surface area (Å²) >= 11 is 0. The number of ether oxygens (including phenoxy) is 1. The van der Waals surface area contributed by atoms with Crippen molar-refractivity contribution in [2.75, 3.05) is 6.54 Å². The van der Waals surface area contributed by atoms with Gasteiger partial charge in [0, 0.05) is 6.42 Å². The van der Waals surface area contributed by atoms with Crippen LogP contribution < -0.4 is 10.1 Å². The minimum atomic E-state index is 0.175. The van der Waals surface area contributed by atoms with Crippen LogP contribution in [0.2, 0.25) is 0 Å². The van der Waals surface area contributed by atoms with Crippen LogP contribution in [0.25, 0.3) is 0 Å². The first-order valence-electron chi connectivity index (χ1n) is 7.32. The third kappa shape index (κ3) is 2.56. The second-order valence-electron chi connectivity index (χ2n) is 5.42. The van der Waals surface area contributed by atoms with Gasteiger partial charge in [-0.3, -0.25) is 0 Å². The van der Waals surface area contributed by atoms with Crippen LogP contribution in [0, 0.1) is 6.92 Å². The van der Waals surface area contributed by atoms with Crippen molar-refractivity contribution in [1.29, 1.82) is 0 Å². The average Bonchev–Trinajstić information content (AvgIpc) is 2.88. The zero-order valence-corrected chi connectivity index (χ0v) is 12.1. The minimum absolute atomic E-state index is 0.175. The van der Waals surface area contributed by atoms with Crippen LogP contribution in [0.5, 0.6) is 5.75 Å². The fraction of sp³-hybridized carbons (Fsp3) is 0.333. The van der Waals surface area contributed by atoms with E-state index in [-0.39, 0.29) is 12.1 Å². The molecule has 2 aromatic carbocycles. The molecule has 1 aliphatic rings. The number of nitrogens with one attached hydrogen (secondary N) is 1. The zero-order chi connectivity index (χ0) is 13.9. The molecule has 2 atom stereocenters. The van der Waals surface area contributed by atoms with Crippen molar-refractivity contribution < 1.29 is 4.74 Å². The molecular formula is C18H21NO. The lowest BCUT2D eigenvalue weighted by molar-refractivity contribution is 0.179. The van der Waals surface area contributed by atoms with E-state index in [4.69, 9.17) is 4.74 Å². The van der Waals surface area contributed by atoms with E-state index in [1.165, 1.54) is 16.7 Å². The highest BCUT2D eigenvalue weighted by Crippen LogP contribution is 2.34.